The molecular formula is C16H15BrClNO2. The van der Waals surface area contributed by atoms with Gasteiger partial charge in [-0.1, -0.05) is 11.6 Å². The summed E-state index contributed by atoms with van der Waals surface area (Å²) in [6.07, 6.45) is 0.903. The number of hydrogen-bond acceptors (Lipinski definition) is 3. The monoisotopic (exact) mass is 367 g/mol. The minimum Gasteiger partial charge on any atom is -0.497 e. The third-order valence-electron chi connectivity index (χ3n) is 3.52. The first-order valence-corrected chi connectivity index (χ1v) is 7.87. The van der Waals surface area contributed by atoms with Crippen LogP contribution in [0.25, 0.3) is 0 Å². The number of halogens is 2. The average molecular weight is 369 g/mol. The Labute approximate surface area is 137 Å². The Hall–Kier alpha value is -1.39. The summed E-state index contributed by atoms with van der Waals surface area (Å²) in [6, 6.07) is 11.9. The van der Waals surface area contributed by atoms with Crippen LogP contribution in [-0.2, 0) is 0 Å². The van der Waals surface area contributed by atoms with Crippen LogP contribution >= 0.6 is 27.5 Å². The van der Waals surface area contributed by atoms with E-state index in [9.17, 15) is 0 Å². The van der Waals surface area contributed by atoms with Crippen LogP contribution in [0.15, 0.2) is 40.9 Å². The molecule has 0 bridgehead atoms. The Morgan fingerprint density at radius 2 is 2.14 bits per heavy atom. The molecule has 1 atom stereocenters. The number of rotatable bonds is 3. The summed E-state index contributed by atoms with van der Waals surface area (Å²) in [5.74, 6) is 1.75. The molecule has 5 heteroatoms. The maximum atomic E-state index is 6.03. The van der Waals surface area contributed by atoms with Gasteiger partial charge in [0.05, 0.1) is 24.8 Å². The summed E-state index contributed by atoms with van der Waals surface area (Å²) in [5.41, 5.74) is 2.14. The first kappa shape index (κ1) is 14.5. The van der Waals surface area contributed by atoms with Gasteiger partial charge in [0.1, 0.15) is 11.5 Å². The molecular weight excluding hydrogens is 354 g/mol. The van der Waals surface area contributed by atoms with Crippen LogP contribution in [0.2, 0.25) is 5.02 Å². The maximum absolute atomic E-state index is 6.03. The van der Waals surface area contributed by atoms with Crippen LogP contribution < -0.4 is 14.8 Å². The second-order valence-corrected chi connectivity index (χ2v) is 6.13. The van der Waals surface area contributed by atoms with Gasteiger partial charge in [0.15, 0.2) is 0 Å². The second-order valence-electron chi connectivity index (χ2n) is 4.87. The van der Waals surface area contributed by atoms with Gasteiger partial charge >= 0.3 is 0 Å². The SMILES string of the molecule is COc1ccc2c(c1)C(Nc1ccc(Cl)c(Br)c1)CCO2. The normalized spacial score (nSPS) is 16.8. The number of ether oxygens (including phenoxy) is 2. The van der Waals surface area contributed by atoms with E-state index in [2.05, 4.69) is 21.2 Å². The van der Waals surface area contributed by atoms with E-state index >= 15 is 0 Å². The second kappa shape index (κ2) is 6.16. The summed E-state index contributed by atoms with van der Waals surface area (Å²) in [5, 5.41) is 4.24. The Morgan fingerprint density at radius 3 is 2.90 bits per heavy atom. The van der Waals surface area contributed by atoms with Gasteiger partial charge in [-0.05, 0) is 52.3 Å². The van der Waals surface area contributed by atoms with E-state index in [0.29, 0.717) is 11.6 Å². The van der Waals surface area contributed by atoms with Crippen molar-refractivity contribution in [3.05, 3.63) is 51.5 Å². The highest BCUT2D eigenvalue weighted by Gasteiger charge is 2.22. The molecule has 0 fully saturated rings. The van der Waals surface area contributed by atoms with Crippen molar-refractivity contribution in [3.63, 3.8) is 0 Å². The van der Waals surface area contributed by atoms with Crippen LogP contribution in [0.1, 0.15) is 18.0 Å². The first-order chi connectivity index (χ1) is 10.2. The molecule has 1 aliphatic rings. The smallest absolute Gasteiger partial charge is 0.124 e. The fourth-order valence-electron chi connectivity index (χ4n) is 2.44. The third-order valence-corrected chi connectivity index (χ3v) is 4.73. The molecule has 0 amide bonds. The molecule has 0 saturated carbocycles. The molecule has 3 nitrogen and oxygen atoms in total. The van der Waals surface area contributed by atoms with E-state index < -0.39 is 0 Å². The molecule has 0 radical (unpaired) electrons. The predicted molar refractivity (Wildman–Crippen MR) is 88.6 cm³/mol. The number of anilines is 1. The van der Waals surface area contributed by atoms with Gasteiger partial charge in [-0.3, -0.25) is 0 Å². The van der Waals surface area contributed by atoms with E-state index in [1.807, 2.05) is 36.4 Å². The lowest BCUT2D eigenvalue weighted by atomic mass is 10.00. The lowest BCUT2D eigenvalue weighted by Crippen LogP contribution is -2.20. The molecule has 1 aliphatic heterocycles. The molecule has 0 saturated heterocycles. The van der Waals surface area contributed by atoms with Crippen LogP contribution in [-0.4, -0.2) is 13.7 Å². The number of methoxy groups -OCH3 is 1. The summed E-state index contributed by atoms with van der Waals surface area (Å²) in [7, 11) is 1.67. The van der Waals surface area contributed by atoms with Crippen LogP contribution in [0.3, 0.4) is 0 Å². The lowest BCUT2D eigenvalue weighted by Gasteiger charge is -2.28. The van der Waals surface area contributed by atoms with Gasteiger partial charge in [0, 0.05) is 22.1 Å². The van der Waals surface area contributed by atoms with Crippen LogP contribution in [0.4, 0.5) is 5.69 Å². The summed E-state index contributed by atoms with van der Waals surface area (Å²) >= 11 is 9.48. The molecule has 1 unspecified atom stereocenters. The molecule has 2 aromatic rings. The summed E-state index contributed by atoms with van der Waals surface area (Å²) < 4.78 is 11.9. The van der Waals surface area contributed by atoms with Crippen LogP contribution in [0, 0.1) is 0 Å². The molecule has 0 aromatic heterocycles. The highest BCUT2D eigenvalue weighted by Crippen LogP contribution is 2.37. The van der Waals surface area contributed by atoms with E-state index in [0.717, 1.165) is 33.6 Å². The van der Waals surface area contributed by atoms with Crippen molar-refractivity contribution in [2.45, 2.75) is 12.5 Å². The van der Waals surface area contributed by atoms with Gasteiger partial charge in [-0.25, -0.2) is 0 Å². The minimum absolute atomic E-state index is 0.192. The Bertz CT molecular complexity index is 663. The highest BCUT2D eigenvalue weighted by atomic mass is 79.9. The molecule has 1 N–H and O–H groups in total. The zero-order valence-electron chi connectivity index (χ0n) is 11.5. The van der Waals surface area contributed by atoms with Crippen molar-refractivity contribution in [2.75, 3.05) is 19.0 Å². The summed E-state index contributed by atoms with van der Waals surface area (Å²) in [6.45, 7) is 0.700. The van der Waals surface area contributed by atoms with Gasteiger partial charge in [0.2, 0.25) is 0 Å². The molecule has 2 aromatic carbocycles. The Morgan fingerprint density at radius 1 is 1.29 bits per heavy atom. The van der Waals surface area contributed by atoms with E-state index in [-0.39, 0.29) is 6.04 Å². The van der Waals surface area contributed by atoms with Crippen molar-refractivity contribution < 1.29 is 9.47 Å². The van der Waals surface area contributed by atoms with Gasteiger partial charge in [-0.15, -0.1) is 0 Å². The van der Waals surface area contributed by atoms with Crippen molar-refractivity contribution in [1.82, 2.24) is 0 Å². The topological polar surface area (TPSA) is 30.5 Å². The minimum atomic E-state index is 0.192. The zero-order chi connectivity index (χ0) is 14.8. The summed E-state index contributed by atoms with van der Waals surface area (Å²) in [4.78, 5) is 0. The number of benzene rings is 2. The molecule has 3 rings (SSSR count). The first-order valence-electron chi connectivity index (χ1n) is 6.69. The average Bonchev–Trinajstić information content (AvgIpc) is 2.51. The Kier molecular flexibility index (Phi) is 4.27. The van der Waals surface area contributed by atoms with Gasteiger partial charge in [-0.2, -0.15) is 0 Å². The van der Waals surface area contributed by atoms with Crippen molar-refractivity contribution in [1.29, 1.82) is 0 Å². The zero-order valence-corrected chi connectivity index (χ0v) is 13.9. The predicted octanol–water partition coefficient (Wildman–Crippen LogP) is 5.05. The fraction of sp³-hybridized carbons (Fsp3) is 0.250. The third kappa shape index (κ3) is 3.11. The molecule has 1 heterocycles. The number of nitrogens with one attached hydrogen (secondary N) is 1. The van der Waals surface area contributed by atoms with E-state index in [1.165, 1.54) is 0 Å². The fourth-order valence-corrected chi connectivity index (χ4v) is 2.93. The van der Waals surface area contributed by atoms with Gasteiger partial charge in [0.25, 0.3) is 0 Å². The largest absolute Gasteiger partial charge is 0.497 e. The highest BCUT2D eigenvalue weighted by molar-refractivity contribution is 9.10. The van der Waals surface area contributed by atoms with Crippen molar-refractivity contribution >= 4 is 33.2 Å². The van der Waals surface area contributed by atoms with Crippen molar-refractivity contribution in [3.8, 4) is 11.5 Å². The Balaban J connectivity index is 1.88. The number of fused-ring (bicyclic) bond motifs is 1. The van der Waals surface area contributed by atoms with Gasteiger partial charge < -0.3 is 14.8 Å². The molecule has 21 heavy (non-hydrogen) atoms. The maximum Gasteiger partial charge on any atom is 0.124 e. The van der Waals surface area contributed by atoms with Crippen molar-refractivity contribution in [2.24, 2.45) is 0 Å². The molecule has 0 spiro atoms. The van der Waals surface area contributed by atoms with E-state index in [4.69, 9.17) is 21.1 Å². The quantitative estimate of drug-likeness (QED) is 0.822. The molecule has 110 valence electrons. The molecule has 0 aliphatic carbocycles. The van der Waals surface area contributed by atoms with E-state index in [1.54, 1.807) is 7.11 Å². The lowest BCUT2D eigenvalue weighted by molar-refractivity contribution is 0.273. The standard InChI is InChI=1S/C16H15BrClNO2/c1-20-11-3-5-16-12(9-11)15(6-7-21-16)19-10-2-4-14(18)13(17)8-10/h2-5,8-9,15,19H,6-7H2,1H3. The van der Waals surface area contributed by atoms with Crippen LogP contribution in [0.5, 0.6) is 11.5 Å². The number of hydrogen-bond donors (Lipinski definition) is 1.